The van der Waals surface area contributed by atoms with Gasteiger partial charge in [0.2, 0.25) is 0 Å². The molecule has 1 aliphatic rings. The highest BCUT2D eigenvalue weighted by Crippen LogP contribution is 2.37. The summed E-state index contributed by atoms with van der Waals surface area (Å²) in [7, 11) is 0. The average molecular weight is 314 g/mol. The van der Waals surface area contributed by atoms with E-state index in [9.17, 15) is 9.90 Å². The van der Waals surface area contributed by atoms with E-state index < -0.39 is 0 Å². The van der Waals surface area contributed by atoms with Gasteiger partial charge < -0.3 is 10.8 Å². The molecule has 0 aromatic heterocycles. The fourth-order valence-corrected chi connectivity index (χ4v) is 2.90. The second kappa shape index (κ2) is 6.99. The summed E-state index contributed by atoms with van der Waals surface area (Å²) in [4.78, 5) is 17.2. The molecule has 0 aliphatic heterocycles. The molecule has 1 aliphatic carbocycles. The number of carbonyl (C=O) groups is 1. The highest BCUT2D eigenvalue weighted by Gasteiger charge is 2.34. The number of allylic oxidation sites excluding steroid dienone is 2. The van der Waals surface area contributed by atoms with E-state index in [1.54, 1.807) is 12.1 Å². The molecule has 3 N–H and O–H groups in total. The Hall–Kier alpha value is -2.10. The Balaban J connectivity index is 2.42. The number of benzene rings is 1. The number of Topliss-reactive ketones (excluding diaryl/α,β-unsaturated/α-hetero) is 1. The number of nitrogens with zero attached hydrogens (tertiary/aromatic N) is 1. The number of hydrogen-bond acceptors (Lipinski definition) is 4. The first kappa shape index (κ1) is 17.3. The minimum atomic E-state index is -0.193. The molecule has 0 radical (unpaired) electrons. The number of anilines is 1. The lowest BCUT2D eigenvalue weighted by molar-refractivity contribution is -0.117. The standard InChI is InChI=1S/C19H26N2O2/c1-4-5-6-15(21-14-9-7-13(20)8-10-14)18-16(22)11-19(2,3)12-17(18)23/h7-10,22H,4-6,11-12,20H2,1-3H3. The molecule has 1 aromatic rings. The van der Waals surface area contributed by atoms with Crippen molar-refractivity contribution in [2.75, 3.05) is 5.73 Å². The number of hydrogen-bond donors (Lipinski definition) is 2. The van der Waals surface area contributed by atoms with E-state index in [1.165, 1.54) is 0 Å². The van der Waals surface area contributed by atoms with Crippen LogP contribution in [-0.4, -0.2) is 16.6 Å². The Morgan fingerprint density at radius 3 is 2.48 bits per heavy atom. The zero-order valence-electron chi connectivity index (χ0n) is 14.2. The van der Waals surface area contributed by atoms with E-state index in [-0.39, 0.29) is 17.0 Å². The van der Waals surface area contributed by atoms with Crippen molar-refractivity contribution in [2.24, 2.45) is 10.4 Å². The summed E-state index contributed by atoms with van der Waals surface area (Å²) in [5.41, 5.74) is 8.06. The minimum Gasteiger partial charge on any atom is -0.511 e. The Labute approximate surface area is 138 Å². The SMILES string of the molecule is CCCCC(=Nc1ccc(N)cc1)C1=C(O)CC(C)(C)CC1=O. The van der Waals surface area contributed by atoms with Crippen LogP contribution in [0.15, 0.2) is 40.6 Å². The van der Waals surface area contributed by atoms with Gasteiger partial charge >= 0.3 is 0 Å². The van der Waals surface area contributed by atoms with Crippen molar-refractivity contribution in [3.05, 3.63) is 35.6 Å². The maximum atomic E-state index is 12.6. The van der Waals surface area contributed by atoms with Crippen LogP contribution in [0.3, 0.4) is 0 Å². The molecule has 0 amide bonds. The predicted octanol–water partition coefficient (Wildman–Crippen LogP) is 4.73. The number of unbranched alkanes of at least 4 members (excludes halogenated alkanes) is 1. The Bertz CT molecular complexity index is 640. The number of ketones is 1. The number of nitrogen functional groups attached to an aromatic ring is 1. The number of rotatable bonds is 5. The summed E-state index contributed by atoms with van der Waals surface area (Å²) in [5.74, 6) is 0.167. The van der Waals surface area contributed by atoms with E-state index in [0.29, 0.717) is 36.2 Å². The van der Waals surface area contributed by atoms with Crippen LogP contribution >= 0.6 is 0 Å². The summed E-state index contributed by atoms with van der Waals surface area (Å²) in [5, 5.41) is 10.4. The molecule has 23 heavy (non-hydrogen) atoms. The third-order valence-corrected chi connectivity index (χ3v) is 4.07. The molecule has 0 heterocycles. The van der Waals surface area contributed by atoms with Crippen LogP contribution < -0.4 is 5.73 Å². The van der Waals surface area contributed by atoms with Crippen LogP contribution in [0.5, 0.6) is 0 Å². The van der Waals surface area contributed by atoms with Gasteiger partial charge in [-0.15, -0.1) is 0 Å². The van der Waals surface area contributed by atoms with Crippen LogP contribution in [0.1, 0.15) is 52.9 Å². The molecule has 0 spiro atoms. The summed E-state index contributed by atoms with van der Waals surface area (Å²) in [6, 6.07) is 7.24. The molecule has 0 bridgehead atoms. The van der Waals surface area contributed by atoms with Crippen molar-refractivity contribution in [3.8, 4) is 0 Å². The maximum absolute atomic E-state index is 12.6. The Morgan fingerprint density at radius 1 is 1.26 bits per heavy atom. The predicted molar refractivity (Wildman–Crippen MR) is 95.2 cm³/mol. The normalized spacial score (nSPS) is 18.4. The molecule has 4 heteroatoms. The first-order valence-corrected chi connectivity index (χ1v) is 8.21. The second-order valence-electron chi connectivity index (χ2n) is 7.02. The molecule has 0 unspecified atom stereocenters. The molecule has 0 atom stereocenters. The van der Waals surface area contributed by atoms with Crippen molar-refractivity contribution < 1.29 is 9.90 Å². The molecular weight excluding hydrogens is 288 g/mol. The lowest BCUT2D eigenvalue weighted by Crippen LogP contribution is -2.29. The van der Waals surface area contributed by atoms with Crippen molar-refractivity contribution in [3.63, 3.8) is 0 Å². The smallest absolute Gasteiger partial charge is 0.168 e. The number of aliphatic imine (C=N–C) groups is 1. The van der Waals surface area contributed by atoms with Gasteiger partial charge in [-0.2, -0.15) is 0 Å². The lowest BCUT2D eigenvalue weighted by atomic mass is 9.75. The van der Waals surface area contributed by atoms with Gasteiger partial charge in [0.25, 0.3) is 0 Å². The monoisotopic (exact) mass is 314 g/mol. The van der Waals surface area contributed by atoms with E-state index >= 15 is 0 Å². The van der Waals surface area contributed by atoms with Crippen molar-refractivity contribution in [2.45, 2.75) is 52.9 Å². The number of nitrogens with two attached hydrogens (primary N) is 1. The molecule has 124 valence electrons. The van der Waals surface area contributed by atoms with Gasteiger partial charge in [-0.3, -0.25) is 9.79 Å². The molecule has 2 rings (SSSR count). The van der Waals surface area contributed by atoms with Crippen LogP contribution in [0.2, 0.25) is 0 Å². The lowest BCUT2D eigenvalue weighted by Gasteiger charge is -2.30. The number of carbonyl (C=O) groups excluding carboxylic acids is 1. The topological polar surface area (TPSA) is 75.7 Å². The summed E-state index contributed by atoms with van der Waals surface area (Å²) < 4.78 is 0. The minimum absolute atomic E-state index is 0.0101. The van der Waals surface area contributed by atoms with Crippen molar-refractivity contribution in [1.82, 2.24) is 0 Å². The fourth-order valence-electron chi connectivity index (χ4n) is 2.90. The van der Waals surface area contributed by atoms with Crippen LogP contribution in [0.25, 0.3) is 0 Å². The van der Waals surface area contributed by atoms with Crippen molar-refractivity contribution in [1.29, 1.82) is 0 Å². The highest BCUT2D eigenvalue weighted by molar-refractivity contribution is 6.23. The van der Waals surface area contributed by atoms with Crippen molar-refractivity contribution >= 4 is 22.9 Å². The second-order valence-corrected chi connectivity index (χ2v) is 7.02. The maximum Gasteiger partial charge on any atom is 0.168 e. The van der Waals surface area contributed by atoms with Gasteiger partial charge in [-0.25, -0.2) is 0 Å². The van der Waals surface area contributed by atoms with Gasteiger partial charge in [0.1, 0.15) is 5.76 Å². The van der Waals surface area contributed by atoms with Gasteiger partial charge in [0.15, 0.2) is 5.78 Å². The van der Waals surface area contributed by atoms with Gasteiger partial charge in [-0.05, 0) is 42.5 Å². The quantitative estimate of drug-likeness (QED) is 0.609. The van der Waals surface area contributed by atoms with E-state index in [2.05, 4.69) is 11.9 Å². The molecule has 0 fully saturated rings. The molecular formula is C19H26N2O2. The van der Waals surface area contributed by atoms with E-state index in [1.807, 2.05) is 26.0 Å². The fraction of sp³-hybridized carbons (Fsp3) is 0.474. The van der Waals surface area contributed by atoms with Gasteiger partial charge in [0, 0.05) is 18.5 Å². The Morgan fingerprint density at radius 2 is 1.91 bits per heavy atom. The zero-order chi connectivity index (χ0) is 17.0. The highest BCUT2D eigenvalue weighted by atomic mass is 16.3. The third-order valence-electron chi connectivity index (χ3n) is 4.07. The molecule has 4 nitrogen and oxygen atoms in total. The van der Waals surface area contributed by atoms with E-state index in [0.717, 1.165) is 18.5 Å². The van der Waals surface area contributed by atoms with Gasteiger partial charge in [0.05, 0.1) is 17.0 Å². The van der Waals surface area contributed by atoms with Gasteiger partial charge in [-0.1, -0.05) is 27.2 Å². The summed E-state index contributed by atoms with van der Waals surface area (Å²) >= 11 is 0. The number of aliphatic hydroxyl groups excluding tert-OH is 1. The number of aliphatic hydroxyl groups is 1. The first-order chi connectivity index (χ1) is 10.8. The van der Waals surface area contributed by atoms with Crippen LogP contribution in [0.4, 0.5) is 11.4 Å². The molecule has 0 saturated heterocycles. The summed E-state index contributed by atoms with van der Waals surface area (Å²) in [6.07, 6.45) is 3.59. The van der Waals surface area contributed by atoms with Crippen LogP contribution in [0, 0.1) is 5.41 Å². The molecule has 1 aromatic carbocycles. The average Bonchev–Trinajstić information content (AvgIpc) is 2.44. The first-order valence-electron chi connectivity index (χ1n) is 8.21. The summed E-state index contributed by atoms with van der Waals surface area (Å²) in [6.45, 7) is 6.10. The van der Waals surface area contributed by atoms with Crippen LogP contribution in [-0.2, 0) is 4.79 Å². The molecule has 0 saturated carbocycles. The zero-order valence-corrected chi connectivity index (χ0v) is 14.2. The van der Waals surface area contributed by atoms with E-state index in [4.69, 9.17) is 5.73 Å². The third kappa shape index (κ3) is 4.44. The Kier molecular flexibility index (Phi) is 5.24. The largest absolute Gasteiger partial charge is 0.511 e.